The Morgan fingerprint density at radius 2 is 2.00 bits per heavy atom. The van der Waals surface area contributed by atoms with E-state index in [9.17, 15) is 4.79 Å². The van der Waals surface area contributed by atoms with Gasteiger partial charge in [0.2, 0.25) is 0 Å². The Bertz CT molecular complexity index is 445. The zero-order valence-corrected chi connectivity index (χ0v) is 11.9. The Balaban J connectivity index is 2.15. The average Bonchev–Trinajstić information content (AvgIpc) is 2.46. The molecule has 0 aliphatic rings. The summed E-state index contributed by atoms with van der Waals surface area (Å²) >= 11 is 0. The van der Waals surface area contributed by atoms with Crippen LogP contribution in [-0.4, -0.2) is 25.5 Å². The highest BCUT2D eigenvalue weighted by atomic mass is 16.7. The molecule has 108 valence electrons. The van der Waals surface area contributed by atoms with E-state index in [4.69, 9.17) is 14.2 Å². The van der Waals surface area contributed by atoms with Crippen molar-refractivity contribution in [1.29, 1.82) is 0 Å². The molecule has 0 amide bonds. The number of hydrogen-bond acceptors (Lipinski definition) is 4. The largest absolute Gasteiger partial charge is 0.451 e. The van der Waals surface area contributed by atoms with Crippen LogP contribution in [0.25, 0.3) is 0 Å². The molecule has 0 heterocycles. The maximum Gasteiger partial charge on any atom is 0.384 e. The van der Waals surface area contributed by atoms with Gasteiger partial charge in [-0.05, 0) is 19.4 Å². The number of ether oxygens (including phenoxy) is 3. The van der Waals surface area contributed by atoms with Crippen LogP contribution >= 0.6 is 0 Å². The first-order valence-electron chi connectivity index (χ1n) is 6.65. The smallest absolute Gasteiger partial charge is 0.384 e. The van der Waals surface area contributed by atoms with E-state index in [1.54, 1.807) is 0 Å². The average molecular weight is 276 g/mol. The van der Waals surface area contributed by atoms with E-state index in [1.807, 2.05) is 44.2 Å². The third-order valence-corrected chi connectivity index (χ3v) is 2.38. The zero-order valence-electron chi connectivity index (χ0n) is 11.9. The van der Waals surface area contributed by atoms with Crippen LogP contribution in [0.4, 0.5) is 0 Å². The predicted octanol–water partition coefficient (Wildman–Crippen LogP) is 2.52. The van der Waals surface area contributed by atoms with Gasteiger partial charge in [-0.3, -0.25) is 0 Å². The molecule has 0 aliphatic carbocycles. The Kier molecular flexibility index (Phi) is 8.13. The van der Waals surface area contributed by atoms with E-state index in [0.717, 1.165) is 5.56 Å². The van der Waals surface area contributed by atoms with Crippen LogP contribution in [-0.2, 0) is 25.6 Å². The Morgan fingerprint density at radius 3 is 2.70 bits per heavy atom. The van der Waals surface area contributed by atoms with Crippen molar-refractivity contribution < 1.29 is 19.0 Å². The van der Waals surface area contributed by atoms with Gasteiger partial charge in [0.05, 0.1) is 6.61 Å². The van der Waals surface area contributed by atoms with Crippen molar-refractivity contribution in [2.24, 2.45) is 0 Å². The molecule has 0 aromatic heterocycles. The second-order valence-electron chi connectivity index (χ2n) is 4.01. The standard InChI is InChI=1S/C16H20O4/c1-3-18-14(2)19-12-8-7-11-16(17)20-13-15-9-5-4-6-10-15/h4-6,9-10,14H,3,8,12-13H2,1-2H3. The molecule has 1 aromatic carbocycles. The van der Waals surface area contributed by atoms with Crippen molar-refractivity contribution >= 4 is 5.97 Å². The molecule has 0 fully saturated rings. The fourth-order valence-corrected chi connectivity index (χ4v) is 1.45. The van der Waals surface area contributed by atoms with Crippen LogP contribution in [0.2, 0.25) is 0 Å². The first-order valence-corrected chi connectivity index (χ1v) is 6.65. The molecule has 0 radical (unpaired) electrons. The molecule has 0 bridgehead atoms. The third-order valence-electron chi connectivity index (χ3n) is 2.38. The second kappa shape index (κ2) is 10.0. The van der Waals surface area contributed by atoms with Crippen molar-refractivity contribution in [2.75, 3.05) is 13.2 Å². The fourth-order valence-electron chi connectivity index (χ4n) is 1.45. The molecule has 20 heavy (non-hydrogen) atoms. The summed E-state index contributed by atoms with van der Waals surface area (Å²) in [6.45, 7) is 5.01. The van der Waals surface area contributed by atoms with Crippen LogP contribution in [0.15, 0.2) is 30.3 Å². The number of hydrogen-bond donors (Lipinski definition) is 0. The molecule has 1 rings (SSSR count). The highest BCUT2D eigenvalue weighted by Gasteiger charge is 1.99. The van der Waals surface area contributed by atoms with E-state index in [2.05, 4.69) is 11.8 Å². The third kappa shape index (κ3) is 7.57. The lowest BCUT2D eigenvalue weighted by atomic mass is 10.2. The topological polar surface area (TPSA) is 44.8 Å². The summed E-state index contributed by atoms with van der Waals surface area (Å²) in [7, 11) is 0. The Labute approximate surface area is 120 Å². The zero-order chi connectivity index (χ0) is 14.6. The van der Waals surface area contributed by atoms with Crippen LogP contribution in [0, 0.1) is 11.8 Å². The minimum absolute atomic E-state index is 0.242. The molecule has 1 unspecified atom stereocenters. The Morgan fingerprint density at radius 1 is 1.25 bits per heavy atom. The van der Waals surface area contributed by atoms with Gasteiger partial charge in [-0.25, -0.2) is 4.79 Å². The van der Waals surface area contributed by atoms with E-state index in [1.165, 1.54) is 0 Å². The SMILES string of the molecule is CCOC(C)OCCC#CC(=O)OCc1ccccc1. The predicted molar refractivity (Wildman–Crippen MR) is 75.7 cm³/mol. The summed E-state index contributed by atoms with van der Waals surface area (Å²) in [5.41, 5.74) is 0.941. The molecule has 1 aromatic rings. The fraction of sp³-hybridized carbons (Fsp3) is 0.438. The maximum atomic E-state index is 11.4. The van der Waals surface area contributed by atoms with Gasteiger partial charge >= 0.3 is 5.97 Å². The normalized spacial score (nSPS) is 11.3. The molecule has 0 saturated carbocycles. The summed E-state index contributed by atoms with van der Waals surface area (Å²) < 4.78 is 15.5. The van der Waals surface area contributed by atoms with Crippen molar-refractivity contribution in [2.45, 2.75) is 33.2 Å². The van der Waals surface area contributed by atoms with E-state index in [-0.39, 0.29) is 12.9 Å². The molecular formula is C16H20O4. The number of carbonyl (C=O) groups excluding carboxylic acids is 1. The molecule has 4 nitrogen and oxygen atoms in total. The molecule has 0 spiro atoms. The number of carbonyl (C=O) groups is 1. The number of benzene rings is 1. The lowest BCUT2D eigenvalue weighted by Gasteiger charge is -2.10. The number of esters is 1. The van der Waals surface area contributed by atoms with Crippen molar-refractivity contribution in [1.82, 2.24) is 0 Å². The van der Waals surface area contributed by atoms with E-state index in [0.29, 0.717) is 19.6 Å². The minimum atomic E-state index is -0.522. The molecule has 0 saturated heterocycles. The minimum Gasteiger partial charge on any atom is -0.451 e. The monoisotopic (exact) mass is 276 g/mol. The van der Waals surface area contributed by atoms with Gasteiger partial charge in [-0.15, -0.1) is 0 Å². The highest BCUT2D eigenvalue weighted by molar-refractivity contribution is 5.88. The molecule has 0 N–H and O–H groups in total. The first-order chi connectivity index (χ1) is 9.72. The lowest BCUT2D eigenvalue weighted by Crippen LogP contribution is -2.13. The van der Waals surface area contributed by atoms with Crippen LogP contribution in [0.1, 0.15) is 25.8 Å². The van der Waals surface area contributed by atoms with Gasteiger partial charge in [-0.2, -0.15) is 0 Å². The highest BCUT2D eigenvalue weighted by Crippen LogP contribution is 2.00. The molecular weight excluding hydrogens is 256 g/mol. The maximum absolute atomic E-state index is 11.4. The first kappa shape index (κ1) is 16.2. The van der Waals surface area contributed by atoms with Crippen LogP contribution in [0.5, 0.6) is 0 Å². The van der Waals surface area contributed by atoms with Gasteiger partial charge in [-0.1, -0.05) is 36.3 Å². The molecule has 1 atom stereocenters. The van der Waals surface area contributed by atoms with Crippen molar-refractivity contribution in [3.05, 3.63) is 35.9 Å². The van der Waals surface area contributed by atoms with E-state index < -0.39 is 5.97 Å². The lowest BCUT2D eigenvalue weighted by molar-refractivity contribution is -0.137. The summed E-state index contributed by atoms with van der Waals surface area (Å²) in [5.74, 6) is 4.62. The quantitative estimate of drug-likeness (QED) is 0.252. The van der Waals surface area contributed by atoms with Gasteiger partial charge in [0, 0.05) is 18.9 Å². The van der Waals surface area contributed by atoms with Gasteiger partial charge < -0.3 is 14.2 Å². The summed E-state index contributed by atoms with van der Waals surface area (Å²) in [6, 6.07) is 9.49. The molecule has 4 heteroatoms. The van der Waals surface area contributed by atoms with Crippen LogP contribution < -0.4 is 0 Å². The second-order valence-corrected chi connectivity index (χ2v) is 4.01. The van der Waals surface area contributed by atoms with Crippen molar-refractivity contribution in [3.63, 3.8) is 0 Å². The summed E-state index contributed by atoms with van der Waals surface area (Å²) in [6.07, 6.45) is 0.226. The van der Waals surface area contributed by atoms with Gasteiger partial charge in [0.1, 0.15) is 6.61 Å². The van der Waals surface area contributed by atoms with Gasteiger partial charge in [0.15, 0.2) is 6.29 Å². The van der Waals surface area contributed by atoms with Crippen molar-refractivity contribution in [3.8, 4) is 11.8 Å². The number of rotatable bonds is 7. The Hall–Kier alpha value is -1.83. The summed E-state index contributed by atoms with van der Waals surface area (Å²) in [4.78, 5) is 11.4. The summed E-state index contributed by atoms with van der Waals surface area (Å²) in [5, 5.41) is 0. The van der Waals surface area contributed by atoms with E-state index >= 15 is 0 Å². The van der Waals surface area contributed by atoms with Crippen LogP contribution in [0.3, 0.4) is 0 Å². The van der Waals surface area contributed by atoms with Gasteiger partial charge in [0.25, 0.3) is 0 Å². The molecule has 0 aliphatic heterocycles.